The van der Waals surface area contributed by atoms with Gasteiger partial charge in [0.25, 0.3) is 0 Å². The molecule has 0 saturated heterocycles. The summed E-state index contributed by atoms with van der Waals surface area (Å²) in [4.78, 5) is 8.10. The van der Waals surface area contributed by atoms with Gasteiger partial charge in [-0.1, -0.05) is 20.3 Å². The first kappa shape index (κ1) is 10.7. The molecule has 1 aliphatic carbocycles. The van der Waals surface area contributed by atoms with Crippen molar-refractivity contribution >= 4 is 0 Å². The molecule has 0 spiro atoms. The van der Waals surface area contributed by atoms with Gasteiger partial charge in [0, 0.05) is 5.69 Å². The molecule has 3 nitrogen and oxygen atoms in total. The number of rotatable bonds is 4. The minimum absolute atomic E-state index is 0.866. The van der Waals surface area contributed by atoms with Gasteiger partial charge in [-0.25, -0.2) is 4.98 Å². The van der Waals surface area contributed by atoms with Gasteiger partial charge >= 0.3 is 0 Å². The summed E-state index contributed by atoms with van der Waals surface area (Å²) >= 11 is 0. The fraction of sp³-hybridized carbons (Fsp3) is 0.750. The highest BCUT2D eigenvalue weighted by Crippen LogP contribution is 2.25. The van der Waals surface area contributed by atoms with Gasteiger partial charge in [0.05, 0.1) is 12.2 Å². The van der Waals surface area contributed by atoms with Crippen LogP contribution in [0.3, 0.4) is 0 Å². The fourth-order valence-electron chi connectivity index (χ4n) is 2.29. The Morgan fingerprint density at radius 3 is 3.07 bits per heavy atom. The lowest BCUT2D eigenvalue weighted by Gasteiger charge is -2.19. The Morgan fingerprint density at radius 1 is 1.47 bits per heavy atom. The van der Waals surface area contributed by atoms with E-state index in [2.05, 4.69) is 29.1 Å². The lowest BCUT2D eigenvalue weighted by Crippen LogP contribution is -2.13. The van der Waals surface area contributed by atoms with Crippen LogP contribution in [0.5, 0.6) is 0 Å². The second-order valence-corrected chi connectivity index (χ2v) is 4.41. The van der Waals surface area contributed by atoms with Gasteiger partial charge in [0.2, 0.25) is 0 Å². The molecule has 0 radical (unpaired) electrons. The van der Waals surface area contributed by atoms with E-state index in [1.54, 1.807) is 0 Å². The van der Waals surface area contributed by atoms with Gasteiger partial charge in [-0.05, 0) is 31.7 Å². The fourth-order valence-corrected chi connectivity index (χ4v) is 2.29. The normalized spacial score (nSPS) is 20.3. The quantitative estimate of drug-likeness (QED) is 0.793. The molecule has 0 bridgehead atoms. The van der Waals surface area contributed by atoms with Gasteiger partial charge in [-0.15, -0.1) is 0 Å². The van der Waals surface area contributed by atoms with Crippen molar-refractivity contribution in [2.75, 3.05) is 6.54 Å². The van der Waals surface area contributed by atoms with Crippen LogP contribution in [0.25, 0.3) is 0 Å². The molecule has 0 aliphatic heterocycles. The summed E-state index contributed by atoms with van der Waals surface area (Å²) < 4.78 is 0. The summed E-state index contributed by atoms with van der Waals surface area (Å²) in [6.07, 6.45) is 4.97. The van der Waals surface area contributed by atoms with Crippen molar-refractivity contribution in [3.8, 4) is 0 Å². The Balaban J connectivity index is 2.04. The van der Waals surface area contributed by atoms with Crippen molar-refractivity contribution in [2.45, 2.75) is 46.1 Å². The number of hydrogen-bond donors (Lipinski definition) is 2. The Morgan fingerprint density at radius 2 is 2.33 bits per heavy atom. The summed E-state index contributed by atoms with van der Waals surface area (Å²) in [5, 5.41) is 3.31. The van der Waals surface area contributed by atoms with Crippen molar-refractivity contribution in [2.24, 2.45) is 5.92 Å². The third-order valence-corrected chi connectivity index (χ3v) is 3.32. The van der Waals surface area contributed by atoms with Crippen LogP contribution in [0, 0.1) is 5.92 Å². The summed E-state index contributed by atoms with van der Waals surface area (Å²) in [5.41, 5.74) is 2.70. The molecule has 1 unspecified atom stereocenters. The van der Waals surface area contributed by atoms with Gasteiger partial charge in [0.15, 0.2) is 0 Å². The third kappa shape index (κ3) is 2.40. The van der Waals surface area contributed by atoms with E-state index in [9.17, 15) is 0 Å². The number of aromatic nitrogens is 2. The maximum Gasteiger partial charge on any atom is 0.120 e. The molecule has 1 heterocycles. The molecule has 1 atom stereocenters. The highest BCUT2D eigenvalue weighted by atomic mass is 15.0. The van der Waals surface area contributed by atoms with Crippen LogP contribution >= 0.6 is 0 Å². The molecule has 0 aromatic carbocycles. The van der Waals surface area contributed by atoms with E-state index in [-0.39, 0.29) is 0 Å². The maximum atomic E-state index is 4.64. The summed E-state index contributed by atoms with van der Waals surface area (Å²) in [6.45, 7) is 6.28. The lowest BCUT2D eigenvalue weighted by molar-refractivity contribution is 0.438. The van der Waals surface area contributed by atoms with Crippen molar-refractivity contribution in [1.29, 1.82) is 0 Å². The molecule has 0 fully saturated rings. The van der Waals surface area contributed by atoms with Crippen LogP contribution < -0.4 is 5.32 Å². The molecular weight excluding hydrogens is 186 g/mol. The average Bonchev–Trinajstić information content (AvgIpc) is 2.67. The van der Waals surface area contributed by atoms with Crippen molar-refractivity contribution in [3.63, 3.8) is 0 Å². The Kier molecular flexibility index (Phi) is 3.41. The monoisotopic (exact) mass is 207 g/mol. The zero-order chi connectivity index (χ0) is 10.7. The molecule has 84 valence electrons. The highest BCUT2D eigenvalue weighted by molar-refractivity contribution is 5.18. The van der Waals surface area contributed by atoms with Crippen molar-refractivity contribution in [1.82, 2.24) is 15.3 Å². The maximum absolute atomic E-state index is 4.64. The molecule has 1 aromatic rings. The van der Waals surface area contributed by atoms with Crippen LogP contribution in [0.1, 0.15) is 43.9 Å². The summed E-state index contributed by atoms with van der Waals surface area (Å²) in [6, 6.07) is 0. The minimum Gasteiger partial charge on any atom is -0.345 e. The first-order chi connectivity index (χ1) is 7.33. The average molecular weight is 207 g/mol. The second kappa shape index (κ2) is 4.79. The van der Waals surface area contributed by atoms with Gasteiger partial charge in [0.1, 0.15) is 5.82 Å². The van der Waals surface area contributed by atoms with E-state index in [0.29, 0.717) is 0 Å². The van der Waals surface area contributed by atoms with E-state index in [1.807, 2.05) is 0 Å². The van der Waals surface area contributed by atoms with Gasteiger partial charge < -0.3 is 10.3 Å². The minimum atomic E-state index is 0.866. The first-order valence-corrected chi connectivity index (χ1v) is 6.10. The molecule has 15 heavy (non-hydrogen) atoms. The van der Waals surface area contributed by atoms with Crippen LogP contribution in [0.4, 0.5) is 0 Å². The molecule has 3 heteroatoms. The number of fused-ring (bicyclic) bond motifs is 1. The zero-order valence-corrected chi connectivity index (χ0v) is 9.77. The summed E-state index contributed by atoms with van der Waals surface area (Å²) in [5.74, 6) is 1.98. The number of aromatic amines is 1. The molecule has 2 rings (SSSR count). The van der Waals surface area contributed by atoms with Gasteiger partial charge in [-0.3, -0.25) is 0 Å². The van der Waals surface area contributed by atoms with Crippen LogP contribution in [-0.4, -0.2) is 16.5 Å². The zero-order valence-electron chi connectivity index (χ0n) is 9.77. The topological polar surface area (TPSA) is 40.7 Å². The van der Waals surface area contributed by atoms with Crippen LogP contribution in [-0.2, 0) is 19.4 Å². The largest absolute Gasteiger partial charge is 0.345 e. The Bertz CT molecular complexity index is 317. The molecule has 0 amide bonds. The SMILES string of the molecule is CCNCc1nc2c([nH]1)CC(CC)CC2. The van der Waals surface area contributed by atoms with Crippen molar-refractivity contribution in [3.05, 3.63) is 17.2 Å². The van der Waals surface area contributed by atoms with E-state index in [1.165, 1.54) is 30.7 Å². The number of hydrogen-bond acceptors (Lipinski definition) is 2. The molecule has 2 N–H and O–H groups in total. The van der Waals surface area contributed by atoms with Crippen LogP contribution in [0.15, 0.2) is 0 Å². The van der Waals surface area contributed by atoms with E-state index in [4.69, 9.17) is 0 Å². The first-order valence-electron chi connectivity index (χ1n) is 6.10. The van der Waals surface area contributed by atoms with Crippen molar-refractivity contribution < 1.29 is 0 Å². The Labute approximate surface area is 91.7 Å². The summed E-state index contributed by atoms with van der Waals surface area (Å²) in [7, 11) is 0. The predicted octanol–water partition coefficient (Wildman–Crippen LogP) is 2.03. The van der Waals surface area contributed by atoms with E-state index < -0.39 is 0 Å². The number of nitrogens with zero attached hydrogens (tertiary/aromatic N) is 1. The number of imidazole rings is 1. The third-order valence-electron chi connectivity index (χ3n) is 3.32. The molecular formula is C12H21N3. The number of aryl methyl sites for hydroxylation is 1. The van der Waals surface area contributed by atoms with Crippen LogP contribution in [0.2, 0.25) is 0 Å². The lowest BCUT2D eigenvalue weighted by atomic mass is 9.88. The smallest absolute Gasteiger partial charge is 0.120 e. The predicted molar refractivity (Wildman–Crippen MR) is 61.8 cm³/mol. The standard InChI is InChI=1S/C12H21N3/c1-3-9-5-6-10-11(7-9)15-12(14-10)8-13-4-2/h9,13H,3-8H2,1-2H3,(H,14,15). The molecule has 1 aliphatic rings. The highest BCUT2D eigenvalue weighted by Gasteiger charge is 2.20. The number of H-pyrrole nitrogens is 1. The molecule has 0 saturated carbocycles. The van der Waals surface area contributed by atoms with E-state index in [0.717, 1.165) is 31.3 Å². The number of nitrogens with one attached hydrogen (secondary N) is 2. The molecule has 1 aromatic heterocycles. The Hall–Kier alpha value is -0.830. The second-order valence-electron chi connectivity index (χ2n) is 4.41. The van der Waals surface area contributed by atoms with E-state index >= 15 is 0 Å². The van der Waals surface area contributed by atoms with Gasteiger partial charge in [-0.2, -0.15) is 0 Å².